The van der Waals surface area contributed by atoms with Crippen molar-refractivity contribution < 1.29 is 9.18 Å². The summed E-state index contributed by atoms with van der Waals surface area (Å²) in [6.07, 6.45) is 0. The molecule has 1 heterocycles. The summed E-state index contributed by atoms with van der Waals surface area (Å²) in [6, 6.07) is 8.08. The fourth-order valence-corrected chi connectivity index (χ4v) is 1.38. The molecular weight excluding hydrogens is 237 g/mol. The highest BCUT2D eigenvalue weighted by atomic mass is 19.1. The van der Waals surface area contributed by atoms with Crippen molar-refractivity contribution >= 4 is 11.6 Å². The summed E-state index contributed by atoms with van der Waals surface area (Å²) in [4.78, 5) is 22.9. The fourth-order valence-electron chi connectivity index (χ4n) is 1.38. The van der Waals surface area contributed by atoms with Gasteiger partial charge in [-0.15, -0.1) is 0 Å². The third-order valence-corrected chi connectivity index (χ3v) is 2.28. The summed E-state index contributed by atoms with van der Waals surface area (Å²) in [7, 11) is 1.45. The molecule has 6 heteroatoms. The maximum atomic E-state index is 12.9. The largest absolute Gasteiger partial charge is 0.320 e. The topological polar surface area (TPSA) is 64.0 Å². The molecule has 1 aromatic heterocycles. The van der Waals surface area contributed by atoms with Crippen molar-refractivity contribution in [3.05, 3.63) is 58.3 Å². The first-order chi connectivity index (χ1) is 8.56. The van der Waals surface area contributed by atoms with Crippen LogP contribution in [0.15, 0.2) is 41.2 Å². The third-order valence-electron chi connectivity index (χ3n) is 2.28. The molecule has 2 aromatic rings. The van der Waals surface area contributed by atoms with Gasteiger partial charge in [-0.05, 0) is 24.3 Å². The molecule has 18 heavy (non-hydrogen) atoms. The molecular formula is C12H10FN3O2. The molecule has 0 radical (unpaired) electrons. The molecule has 0 aliphatic carbocycles. The highest BCUT2D eigenvalue weighted by Gasteiger charge is 2.09. The van der Waals surface area contributed by atoms with E-state index in [1.165, 1.54) is 37.4 Å². The van der Waals surface area contributed by atoms with Gasteiger partial charge in [0.05, 0.1) is 0 Å². The van der Waals surface area contributed by atoms with E-state index in [1.54, 1.807) is 6.07 Å². The summed E-state index contributed by atoms with van der Waals surface area (Å²) in [5, 5.41) is 6.28. The summed E-state index contributed by atoms with van der Waals surface area (Å²) in [5.74, 6) is -0.947. The highest BCUT2D eigenvalue weighted by molar-refractivity contribution is 6.02. The molecule has 0 unspecified atom stereocenters. The number of benzene rings is 1. The van der Waals surface area contributed by atoms with Crippen molar-refractivity contribution in [3.63, 3.8) is 0 Å². The molecule has 0 atom stereocenters. The van der Waals surface area contributed by atoms with E-state index in [2.05, 4.69) is 10.4 Å². The van der Waals surface area contributed by atoms with Crippen LogP contribution in [0.25, 0.3) is 0 Å². The van der Waals surface area contributed by atoms with E-state index in [4.69, 9.17) is 0 Å². The summed E-state index contributed by atoms with van der Waals surface area (Å²) in [5.41, 5.74) is 0.106. The predicted octanol–water partition coefficient (Wildman–Crippen LogP) is 1.17. The molecule has 0 aliphatic heterocycles. The Hall–Kier alpha value is -2.50. The number of carbonyl (C=O) groups is 1. The Kier molecular flexibility index (Phi) is 3.18. The standard InChI is InChI=1S/C12H10FN3O2/c1-16-11(17)6-5-10(15-16)12(18)14-9-4-2-3-8(13)7-9/h2-7H,1H3,(H,14,18). The Balaban J connectivity index is 2.22. The molecule has 0 saturated carbocycles. The number of nitrogens with zero attached hydrogens (tertiary/aromatic N) is 2. The predicted molar refractivity (Wildman–Crippen MR) is 63.8 cm³/mol. The van der Waals surface area contributed by atoms with E-state index in [0.29, 0.717) is 5.69 Å². The van der Waals surface area contributed by atoms with Crippen molar-refractivity contribution in [1.29, 1.82) is 0 Å². The maximum Gasteiger partial charge on any atom is 0.276 e. The van der Waals surface area contributed by atoms with Crippen LogP contribution in [-0.4, -0.2) is 15.7 Å². The minimum atomic E-state index is -0.504. The normalized spacial score (nSPS) is 10.1. The lowest BCUT2D eigenvalue weighted by Gasteiger charge is -2.05. The molecule has 1 amide bonds. The van der Waals surface area contributed by atoms with Crippen LogP contribution in [0.1, 0.15) is 10.5 Å². The molecule has 5 nitrogen and oxygen atoms in total. The van der Waals surface area contributed by atoms with E-state index < -0.39 is 11.7 Å². The van der Waals surface area contributed by atoms with Gasteiger partial charge in [-0.3, -0.25) is 9.59 Å². The number of halogens is 1. The van der Waals surface area contributed by atoms with Gasteiger partial charge in [0, 0.05) is 18.8 Å². The quantitative estimate of drug-likeness (QED) is 0.866. The third kappa shape index (κ3) is 2.60. The molecule has 92 valence electrons. The van der Waals surface area contributed by atoms with Crippen LogP contribution in [0.2, 0.25) is 0 Å². The highest BCUT2D eigenvalue weighted by Crippen LogP contribution is 2.09. The first-order valence-corrected chi connectivity index (χ1v) is 5.17. The number of nitrogens with one attached hydrogen (secondary N) is 1. The smallest absolute Gasteiger partial charge is 0.276 e. The Morgan fingerprint density at radius 3 is 2.78 bits per heavy atom. The Morgan fingerprint density at radius 2 is 2.11 bits per heavy atom. The average molecular weight is 247 g/mol. The molecule has 0 saturated heterocycles. The SMILES string of the molecule is Cn1nc(C(=O)Nc2cccc(F)c2)ccc1=O. The molecule has 1 N–H and O–H groups in total. The first kappa shape index (κ1) is 12.0. The van der Waals surface area contributed by atoms with E-state index in [-0.39, 0.29) is 11.3 Å². The van der Waals surface area contributed by atoms with Crippen molar-refractivity contribution in [1.82, 2.24) is 9.78 Å². The van der Waals surface area contributed by atoms with Crippen molar-refractivity contribution in [2.75, 3.05) is 5.32 Å². The van der Waals surface area contributed by atoms with E-state index in [1.807, 2.05) is 0 Å². The van der Waals surface area contributed by atoms with Gasteiger partial charge in [0.25, 0.3) is 11.5 Å². The lowest BCUT2D eigenvalue weighted by atomic mass is 10.3. The van der Waals surface area contributed by atoms with Gasteiger partial charge in [-0.25, -0.2) is 9.07 Å². The number of anilines is 1. The van der Waals surface area contributed by atoms with Gasteiger partial charge >= 0.3 is 0 Å². The van der Waals surface area contributed by atoms with Crippen molar-refractivity contribution in [3.8, 4) is 0 Å². The Bertz CT molecular complexity index is 652. The number of aryl methyl sites for hydroxylation is 1. The van der Waals surface area contributed by atoms with Gasteiger partial charge < -0.3 is 5.32 Å². The van der Waals surface area contributed by atoms with Gasteiger partial charge in [-0.2, -0.15) is 5.10 Å². The Labute approximate surface area is 102 Å². The lowest BCUT2D eigenvalue weighted by Crippen LogP contribution is -2.23. The lowest BCUT2D eigenvalue weighted by molar-refractivity contribution is 0.102. The average Bonchev–Trinajstić information content (AvgIpc) is 2.32. The second-order valence-electron chi connectivity index (χ2n) is 3.64. The summed E-state index contributed by atoms with van der Waals surface area (Å²) >= 11 is 0. The van der Waals surface area contributed by atoms with Crippen LogP contribution < -0.4 is 10.9 Å². The zero-order chi connectivity index (χ0) is 13.1. The monoisotopic (exact) mass is 247 g/mol. The van der Waals surface area contributed by atoms with E-state index >= 15 is 0 Å². The zero-order valence-electron chi connectivity index (χ0n) is 9.55. The number of amides is 1. The second-order valence-corrected chi connectivity index (χ2v) is 3.64. The first-order valence-electron chi connectivity index (χ1n) is 5.17. The number of hydrogen-bond donors (Lipinski definition) is 1. The number of hydrogen-bond acceptors (Lipinski definition) is 3. The number of carbonyl (C=O) groups excluding carboxylic acids is 1. The van der Waals surface area contributed by atoms with Crippen LogP contribution in [0.3, 0.4) is 0 Å². The van der Waals surface area contributed by atoms with Crippen LogP contribution >= 0.6 is 0 Å². The van der Waals surface area contributed by atoms with E-state index in [0.717, 1.165) is 4.68 Å². The van der Waals surface area contributed by atoms with Gasteiger partial charge in [0.2, 0.25) is 0 Å². The maximum absolute atomic E-state index is 12.9. The molecule has 0 spiro atoms. The summed E-state index contributed by atoms with van der Waals surface area (Å²) in [6.45, 7) is 0. The fraction of sp³-hybridized carbons (Fsp3) is 0.0833. The molecule has 0 fully saturated rings. The molecule has 2 rings (SSSR count). The van der Waals surface area contributed by atoms with Crippen molar-refractivity contribution in [2.24, 2.45) is 7.05 Å². The van der Waals surface area contributed by atoms with Crippen molar-refractivity contribution in [2.45, 2.75) is 0 Å². The zero-order valence-corrected chi connectivity index (χ0v) is 9.55. The van der Waals surface area contributed by atoms with Crippen LogP contribution in [0.4, 0.5) is 10.1 Å². The Morgan fingerprint density at radius 1 is 1.33 bits per heavy atom. The second kappa shape index (κ2) is 4.79. The summed E-state index contributed by atoms with van der Waals surface area (Å²) < 4.78 is 14.0. The number of rotatable bonds is 2. The van der Waals surface area contributed by atoms with Crippen LogP contribution in [0, 0.1) is 5.82 Å². The van der Waals surface area contributed by atoms with E-state index in [9.17, 15) is 14.0 Å². The van der Waals surface area contributed by atoms with Gasteiger partial charge in [0.1, 0.15) is 11.5 Å². The van der Waals surface area contributed by atoms with Gasteiger partial charge in [0.15, 0.2) is 0 Å². The molecule has 0 aliphatic rings. The minimum Gasteiger partial charge on any atom is -0.320 e. The van der Waals surface area contributed by atoms with Gasteiger partial charge in [-0.1, -0.05) is 6.07 Å². The van der Waals surface area contributed by atoms with Crippen LogP contribution in [0.5, 0.6) is 0 Å². The molecule has 1 aromatic carbocycles. The minimum absolute atomic E-state index is 0.0846. The van der Waals surface area contributed by atoms with Crippen LogP contribution in [-0.2, 0) is 7.05 Å². The number of aromatic nitrogens is 2. The molecule has 0 bridgehead atoms.